The number of aliphatic hydroxyl groups is 1. The zero-order valence-corrected chi connectivity index (χ0v) is 19.1. The fourth-order valence-corrected chi connectivity index (χ4v) is 4.62. The van der Waals surface area contributed by atoms with Gasteiger partial charge in [0.05, 0.1) is 31.5 Å². The van der Waals surface area contributed by atoms with Crippen LogP contribution in [0.4, 0.5) is 16.0 Å². The molecule has 0 spiro atoms. The number of hydrogen-bond acceptors (Lipinski definition) is 7. The van der Waals surface area contributed by atoms with Crippen molar-refractivity contribution < 1.29 is 19.0 Å². The molecule has 0 bridgehead atoms. The van der Waals surface area contributed by atoms with Gasteiger partial charge in [0.2, 0.25) is 0 Å². The van der Waals surface area contributed by atoms with Gasteiger partial charge in [0.15, 0.2) is 0 Å². The summed E-state index contributed by atoms with van der Waals surface area (Å²) in [7, 11) is 1.48. The highest BCUT2D eigenvalue weighted by Gasteiger charge is 2.34. The standard InChI is InChI=1S/C25H26FN5O3/c1-15-10-21(30-9-8-27-16(12-30)14-32)29-22(11-15)31-13-18-17(25(31)33)6-7-28-24(18)23-19(26)4-3-5-20(23)34-2/h3-7,10-11,16,27,32H,8-9,12-14H2,1-2H3. The summed E-state index contributed by atoms with van der Waals surface area (Å²) in [4.78, 5) is 26.3. The number of methoxy groups -OCH3 is 1. The van der Waals surface area contributed by atoms with Crippen LogP contribution in [-0.4, -0.2) is 60.4 Å². The average Bonchev–Trinajstić information content (AvgIpc) is 3.20. The molecule has 34 heavy (non-hydrogen) atoms. The molecular weight excluding hydrogens is 437 g/mol. The number of nitrogens with one attached hydrogen (secondary N) is 1. The first-order valence-electron chi connectivity index (χ1n) is 11.2. The Balaban J connectivity index is 1.52. The number of aromatic nitrogens is 2. The molecule has 2 aliphatic heterocycles. The number of aliphatic hydroxyl groups excluding tert-OH is 1. The maximum Gasteiger partial charge on any atom is 0.260 e. The number of nitrogens with zero attached hydrogens (tertiary/aromatic N) is 4. The van der Waals surface area contributed by atoms with Crippen LogP contribution in [-0.2, 0) is 6.54 Å². The number of fused-ring (bicyclic) bond motifs is 1. The predicted octanol–water partition coefficient (Wildman–Crippen LogP) is 2.53. The molecule has 8 nitrogen and oxygen atoms in total. The number of rotatable bonds is 5. The van der Waals surface area contributed by atoms with E-state index in [-0.39, 0.29) is 30.7 Å². The van der Waals surface area contributed by atoms with Crippen molar-refractivity contribution in [2.75, 3.05) is 43.2 Å². The number of carbonyl (C=O) groups excluding carboxylic acids is 1. The number of aryl methyl sites for hydroxylation is 1. The van der Waals surface area contributed by atoms with Crippen molar-refractivity contribution in [3.63, 3.8) is 0 Å². The highest BCUT2D eigenvalue weighted by molar-refractivity contribution is 6.10. The van der Waals surface area contributed by atoms with Crippen LogP contribution in [0.5, 0.6) is 5.75 Å². The number of anilines is 2. The minimum atomic E-state index is -0.459. The van der Waals surface area contributed by atoms with Crippen LogP contribution in [0.15, 0.2) is 42.6 Å². The van der Waals surface area contributed by atoms with Gasteiger partial charge in [0, 0.05) is 43.0 Å². The molecule has 9 heteroatoms. The Labute approximate surface area is 197 Å². The van der Waals surface area contributed by atoms with E-state index in [9.17, 15) is 14.3 Å². The van der Waals surface area contributed by atoms with Crippen molar-refractivity contribution in [1.82, 2.24) is 15.3 Å². The van der Waals surface area contributed by atoms with Crippen molar-refractivity contribution in [3.05, 3.63) is 65.1 Å². The molecule has 1 aromatic carbocycles. The summed E-state index contributed by atoms with van der Waals surface area (Å²) in [5, 5.41) is 12.8. The third-order valence-corrected chi connectivity index (χ3v) is 6.30. The Morgan fingerprint density at radius 1 is 1.26 bits per heavy atom. The van der Waals surface area contributed by atoms with Crippen molar-refractivity contribution in [2.24, 2.45) is 0 Å². The van der Waals surface area contributed by atoms with E-state index in [4.69, 9.17) is 9.72 Å². The SMILES string of the molecule is COc1cccc(F)c1-c1nccc2c1CN(c1cc(C)cc(N3CCNC(CO)C3)n1)C2=O. The van der Waals surface area contributed by atoms with Gasteiger partial charge in [0.1, 0.15) is 23.2 Å². The van der Waals surface area contributed by atoms with E-state index in [1.807, 2.05) is 19.1 Å². The second-order valence-corrected chi connectivity index (χ2v) is 8.53. The van der Waals surface area contributed by atoms with Gasteiger partial charge < -0.3 is 20.1 Å². The maximum atomic E-state index is 14.8. The van der Waals surface area contributed by atoms with E-state index in [0.29, 0.717) is 34.9 Å². The molecule has 1 fully saturated rings. The minimum absolute atomic E-state index is 0.0263. The molecule has 0 saturated carbocycles. The van der Waals surface area contributed by atoms with Gasteiger partial charge in [0.25, 0.3) is 5.91 Å². The van der Waals surface area contributed by atoms with E-state index in [1.165, 1.54) is 19.4 Å². The molecular formula is C25H26FN5O3. The number of ether oxygens (including phenoxy) is 1. The minimum Gasteiger partial charge on any atom is -0.496 e. The number of amides is 1. The van der Waals surface area contributed by atoms with Crippen molar-refractivity contribution >= 4 is 17.5 Å². The summed E-state index contributed by atoms with van der Waals surface area (Å²) >= 11 is 0. The molecule has 176 valence electrons. The van der Waals surface area contributed by atoms with Crippen LogP contribution in [0.3, 0.4) is 0 Å². The Bertz CT molecular complexity index is 1250. The van der Waals surface area contributed by atoms with Crippen molar-refractivity contribution in [2.45, 2.75) is 19.5 Å². The van der Waals surface area contributed by atoms with Gasteiger partial charge >= 0.3 is 0 Å². The normalized spacial score (nSPS) is 17.8. The Kier molecular flexibility index (Phi) is 5.89. The smallest absolute Gasteiger partial charge is 0.260 e. The average molecular weight is 464 g/mol. The monoisotopic (exact) mass is 463 g/mol. The van der Waals surface area contributed by atoms with Crippen LogP contribution in [0, 0.1) is 12.7 Å². The first-order valence-corrected chi connectivity index (χ1v) is 11.2. The van der Waals surface area contributed by atoms with Gasteiger partial charge in [-0.15, -0.1) is 0 Å². The summed E-state index contributed by atoms with van der Waals surface area (Å²) in [5.74, 6) is 0.986. The Morgan fingerprint density at radius 3 is 2.88 bits per heavy atom. The highest BCUT2D eigenvalue weighted by atomic mass is 19.1. The molecule has 1 amide bonds. The van der Waals surface area contributed by atoms with Gasteiger partial charge in [-0.3, -0.25) is 14.7 Å². The third kappa shape index (κ3) is 3.86. The highest BCUT2D eigenvalue weighted by Crippen LogP contribution is 2.38. The lowest BCUT2D eigenvalue weighted by Gasteiger charge is -2.34. The Morgan fingerprint density at radius 2 is 2.09 bits per heavy atom. The first-order chi connectivity index (χ1) is 16.5. The maximum absolute atomic E-state index is 14.8. The second kappa shape index (κ2) is 9.00. The lowest BCUT2D eigenvalue weighted by molar-refractivity contribution is 0.0996. The third-order valence-electron chi connectivity index (χ3n) is 6.30. The largest absolute Gasteiger partial charge is 0.496 e. The second-order valence-electron chi connectivity index (χ2n) is 8.53. The number of pyridine rings is 2. The van der Waals surface area contributed by atoms with Gasteiger partial charge in [-0.25, -0.2) is 9.37 Å². The quantitative estimate of drug-likeness (QED) is 0.601. The Hall–Kier alpha value is -3.56. The molecule has 3 aromatic rings. The fourth-order valence-electron chi connectivity index (χ4n) is 4.62. The van der Waals surface area contributed by atoms with Crippen LogP contribution in [0.25, 0.3) is 11.3 Å². The van der Waals surface area contributed by atoms with Crippen molar-refractivity contribution in [3.8, 4) is 17.0 Å². The van der Waals surface area contributed by atoms with Gasteiger partial charge in [-0.1, -0.05) is 6.07 Å². The van der Waals surface area contributed by atoms with Gasteiger partial charge in [-0.2, -0.15) is 0 Å². The number of halogens is 1. The van der Waals surface area contributed by atoms with Gasteiger partial charge in [-0.05, 0) is 42.8 Å². The van der Waals surface area contributed by atoms with E-state index < -0.39 is 5.82 Å². The molecule has 1 saturated heterocycles. The number of carbonyl (C=O) groups is 1. The van der Waals surface area contributed by atoms with E-state index in [0.717, 1.165) is 24.5 Å². The first kappa shape index (κ1) is 22.2. The molecule has 2 aromatic heterocycles. The number of piperazine rings is 1. The van der Waals surface area contributed by atoms with Crippen LogP contribution in [0.1, 0.15) is 21.5 Å². The number of benzene rings is 1. The van der Waals surface area contributed by atoms with Crippen LogP contribution in [0.2, 0.25) is 0 Å². The van der Waals surface area contributed by atoms with E-state index in [1.54, 1.807) is 23.1 Å². The van der Waals surface area contributed by atoms with E-state index >= 15 is 0 Å². The predicted molar refractivity (Wildman–Crippen MR) is 127 cm³/mol. The topological polar surface area (TPSA) is 90.8 Å². The lowest BCUT2D eigenvalue weighted by atomic mass is 10.0. The zero-order valence-electron chi connectivity index (χ0n) is 19.1. The summed E-state index contributed by atoms with van der Waals surface area (Å²) in [6.45, 7) is 4.36. The summed E-state index contributed by atoms with van der Waals surface area (Å²) < 4.78 is 20.2. The summed E-state index contributed by atoms with van der Waals surface area (Å²) in [6, 6.07) is 10.1. The molecule has 0 aliphatic carbocycles. The van der Waals surface area contributed by atoms with Crippen LogP contribution < -0.4 is 19.9 Å². The number of hydrogen-bond donors (Lipinski definition) is 2. The van der Waals surface area contributed by atoms with E-state index in [2.05, 4.69) is 15.2 Å². The molecule has 5 rings (SSSR count). The molecule has 0 radical (unpaired) electrons. The molecule has 1 unspecified atom stereocenters. The van der Waals surface area contributed by atoms with Crippen molar-refractivity contribution in [1.29, 1.82) is 0 Å². The molecule has 2 aliphatic rings. The molecule has 4 heterocycles. The molecule has 1 atom stereocenters. The lowest BCUT2D eigenvalue weighted by Crippen LogP contribution is -2.52. The summed E-state index contributed by atoms with van der Waals surface area (Å²) in [6.07, 6.45) is 1.52. The molecule has 2 N–H and O–H groups in total. The van der Waals surface area contributed by atoms with Crippen LogP contribution >= 0.6 is 0 Å². The summed E-state index contributed by atoms with van der Waals surface area (Å²) in [5.41, 5.74) is 2.72. The zero-order chi connectivity index (χ0) is 23.8. The fraction of sp³-hybridized carbons (Fsp3) is 0.320.